The normalized spacial score (nSPS) is 16.9. The Morgan fingerprint density at radius 2 is 1.79 bits per heavy atom. The first-order valence-electron chi connectivity index (χ1n) is 6.99. The number of hydrogen-bond acceptors (Lipinski definition) is 3. The van der Waals surface area contributed by atoms with E-state index in [2.05, 4.69) is 10.6 Å². The van der Waals surface area contributed by atoms with Gasteiger partial charge in [-0.1, -0.05) is 0 Å². The van der Waals surface area contributed by atoms with Crippen molar-refractivity contribution in [3.8, 4) is 0 Å². The smallest absolute Gasteiger partial charge is 0.316 e. The van der Waals surface area contributed by atoms with Crippen molar-refractivity contribution in [1.82, 2.24) is 20.4 Å². The minimum absolute atomic E-state index is 0.114. The van der Waals surface area contributed by atoms with E-state index in [9.17, 15) is 9.59 Å². The molecule has 6 nitrogen and oxygen atoms in total. The second-order valence-electron chi connectivity index (χ2n) is 5.19. The van der Waals surface area contributed by atoms with Crippen LogP contribution in [0.3, 0.4) is 0 Å². The van der Waals surface area contributed by atoms with E-state index >= 15 is 0 Å². The van der Waals surface area contributed by atoms with Crippen molar-refractivity contribution in [2.24, 2.45) is 0 Å². The van der Waals surface area contributed by atoms with E-state index in [-0.39, 0.29) is 18.0 Å². The first-order chi connectivity index (χ1) is 9.02. The molecular weight excluding hydrogens is 244 g/mol. The fourth-order valence-corrected chi connectivity index (χ4v) is 2.09. The van der Waals surface area contributed by atoms with Crippen LogP contribution in [0.4, 0.5) is 4.79 Å². The molecule has 1 heterocycles. The number of likely N-dealkylation sites (tertiary alicyclic amines) is 1. The summed E-state index contributed by atoms with van der Waals surface area (Å²) in [5, 5.41) is 5.91. The van der Waals surface area contributed by atoms with Gasteiger partial charge in [-0.25, -0.2) is 4.79 Å². The van der Waals surface area contributed by atoms with Crippen LogP contribution < -0.4 is 10.6 Å². The lowest BCUT2D eigenvalue weighted by atomic mass is 10.1. The summed E-state index contributed by atoms with van der Waals surface area (Å²) in [6.45, 7) is 4.75. The van der Waals surface area contributed by atoms with E-state index in [0.29, 0.717) is 13.1 Å². The van der Waals surface area contributed by atoms with Crippen molar-refractivity contribution in [3.05, 3.63) is 0 Å². The minimum Gasteiger partial charge on any atom is -0.341 e. The molecule has 19 heavy (non-hydrogen) atoms. The van der Waals surface area contributed by atoms with Crippen LogP contribution >= 0.6 is 0 Å². The third kappa shape index (κ3) is 5.46. The maximum Gasteiger partial charge on any atom is 0.316 e. The quantitative estimate of drug-likeness (QED) is 0.704. The molecule has 1 fully saturated rings. The second kappa shape index (κ2) is 7.99. The number of urea groups is 1. The van der Waals surface area contributed by atoms with Gasteiger partial charge in [0.25, 0.3) is 0 Å². The van der Waals surface area contributed by atoms with Gasteiger partial charge in [0.1, 0.15) is 0 Å². The van der Waals surface area contributed by atoms with E-state index in [1.807, 2.05) is 11.8 Å². The molecule has 0 radical (unpaired) electrons. The maximum absolute atomic E-state index is 12.1. The molecule has 0 aromatic heterocycles. The van der Waals surface area contributed by atoms with Crippen molar-refractivity contribution in [2.45, 2.75) is 32.2 Å². The van der Waals surface area contributed by atoms with E-state index in [4.69, 9.17) is 0 Å². The van der Waals surface area contributed by atoms with Gasteiger partial charge in [-0.15, -0.1) is 0 Å². The van der Waals surface area contributed by atoms with Crippen molar-refractivity contribution in [1.29, 1.82) is 0 Å². The molecule has 1 aliphatic heterocycles. The van der Waals surface area contributed by atoms with Crippen LogP contribution in [0.25, 0.3) is 0 Å². The average molecular weight is 270 g/mol. The highest BCUT2D eigenvalue weighted by molar-refractivity contribution is 5.81. The van der Waals surface area contributed by atoms with E-state index in [1.54, 1.807) is 14.1 Å². The lowest BCUT2D eigenvalue weighted by Crippen LogP contribution is -2.48. The summed E-state index contributed by atoms with van der Waals surface area (Å²) in [7, 11) is 3.40. The third-order valence-electron chi connectivity index (χ3n) is 3.30. The molecular formula is C13H26N4O2. The van der Waals surface area contributed by atoms with Gasteiger partial charge in [0.2, 0.25) is 5.91 Å². The Bertz CT molecular complexity index is 301. The zero-order chi connectivity index (χ0) is 14.3. The largest absolute Gasteiger partial charge is 0.341 e. The van der Waals surface area contributed by atoms with Crippen LogP contribution in [0.1, 0.15) is 26.2 Å². The van der Waals surface area contributed by atoms with Crippen molar-refractivity contribution in [2.75, 3.05) is 40.3 Å². The molecule has 110 valence electrons. The molecule has 0 spiro atoms. The highest BCUT2D eigenvalue weighted by Crippen LogP contribution is 2.09. The van der Waals surface area contributed by atoms with Gasteiger partial charge >= 0.3 is 6.03 Å². The number of piperidine rings is 1. The molecule has 1 atom stereocenters. The predicted molar refractivity (Wildman–Crippen MR) is 75.0 cm³/mol. The predicted octanol–water partition coefficient (Wildman–Crippen LogP) is 0.248. The zero-order valence-corrected chi connectivity index (χ0v) is 12.2. The SMILES string of the molecule is CC(NCCNC(=O)N(C)C)C(=O)N1CCCCC1. The summed E-state index contributed by atoms with van der Waals surface area (Å²) in [6.07, 6.45) is 3.44. The molecule has 1 rings (SSSR count). The number of hydrogen-bond donors (Lipinski definition) is 2. The van der Waals surface area contributed by atoms with Crippen LogP contribution in [-0.4, -0.2) is 68.1 Å². The number of nitrogens with zero attached hydrogens (tertiary/aromatic N) is 2. The Labute approximate surface area is 115 Å². The van der Waals surface area contributed by atoms with Gasteiger partial charge in [0, 0.05) is 40.3 Å². The standard InChI is InChI=1S/C13H26N4O2/c1-11(12(18)17-9-5-4-6-10-17)14-7-8-15-13(19)16(2)3/h11,14H,4-10H2,1-3H3,(H,15,19). The van der Waals surface area contributed by atoms with E-state index in [1.165, 1.54) is 11.3 Å². The number of carbonyl (C=O) groups excluding carboxylic acids is 2. The summed E-state index contributed by atoms with van der Waals surface area (Å²) in [6, 6.07) is -0.300. The fourth-order valence-electron chi connectivity index (χ4n) is 2.09. The Morgan fingerprint density at radius 1 is 1.16 bits per heavy atom. The summed E-state index contributed by atoms with van der Waals surface area (Å²) < 4.78 is 0. The Balaban J connectivity index is 2.17. The fraction of sp³-hybridized carbons (Fsp3) is 0.846. The van der Waals surface area contributed by atoms with Crippen molar-refractivity contribution >= 4 is 11.9 Å². The monoisotopic (exact) mass is 270 g/mol. The number of rotatable bonds is 5. The lowest BCUT2D eigenvalue weighted by molar-refractivity contribution is -0.133. The van der Waals surface area contributed by atoms with Gasteiger partial charge in [0.05, 0.1) is 6.04 Å². The van der Waals surface area contributed by atoms with E-state index in [0.717, 1.165) is 25.9 Å². The van der Waals surface area contributed by atoms with Gasteiger partial charge in [-0.2, -0.15) is 0 Å². The average Bonchev–Trinajstić information content (AvgIpc) is 2.43. The van der Waals surface area contributed by atoms with Crippen LogP contribution in [-0.2, 0) is 4.79 Å². The molecule has 1 saturated heterocycles. The summed E-state index contributed by atoms with van der Waals surface area (Å²) in [5.41, 5.74) is 0. The van der Waals surface area contributed by atoms with Crippen LogP contribution in [0.2, 0.25) is 0 Å². The number of amides is 3. The minimum atomic E-state index is -0.186. The number of nitrogens with one attached hydrogen (secondary N) is 2. The highest BCUT2D eigenvalue weighted by Gasteiger charge is 2.21. The lowest BCUT2D eigenvalue weighted by Gasteiger charge is -2.29. The van der Waals surface area contributed by atoms with Crippen LogP contribution in [0.5, 0.6) is 0 Å². The Kier molecular flexibility index (Phi) is 6.62. The second-order valence-corrected chi connectivity index (χ2v) is 5.19. The van der Waals surface area contributed by atoms with E-state index < -0.39 is 0 Å². The summed E-state index contributed by atoms with van der Waals surface area (Å²) in [5.74, 6) is 0.165. The summed E-state index contributed by atoms with van der Waals surface area (Å²) in [4.78, 5) is 26.8. The number of carbonyl (C=O) groups is 2. The molecule has 0 aromatic rings. The summed E-state index contributed by atoms with van der Waals surface area (Å²) >= 11 is 0. The van der Waals surface area contributed by atoms with Crippen LogP contribution in [0.15, 0.2) is 0 Å². The molecule has 1 unspecified atom stereocenters. The molecule has 6 heteroatoms. The Morgan fingerprint density at radius 3 is 2.37 bits per heavy atom. The highest BCUT2D eigenvalue weighted by atomic mass is 16.2. The van der Waals surface area contributed by atoms with Crippen molar-refractivity contribution < 1.29 is 9.59 Å². The van der Waals surface area contributed by atoms with Crippen LogP contribution in [0, 0.1) is 0 Å². The molecule has 0 aliphatic carbocycles. The Hall–Kier alpha value is -1.30. The molecule has 0 bridgehead atoms. The zero-order valence-electron chi connectivity index (χ0n) is 12.2. The third-order valence-corrected chi connectivity index (χ3v) is 3.30. The topological polar surface area (TPSA) is 64.7 Å². The first-order valence-corrected chi connectivity index (χ1v) is 6.99. The molecule has 1 aliphatic rings. The van der Waals surface area contributed by atoms with Gasteiger partial charge < -0.3 is 20.4 Å². The van der Waals surface area contributed by atoms with Gasteiger partial charge in [-0.3, -0.25) is 4.79 Å². The maximum atomic E-state index is 12.1. The first kappa shape index (κ1) is 15.8. The molecule has 0 saturated carbocycles. The molecule has 3 amide bonds. The van der Waals surface area contributed by atoms with Gasteiger partial charge in [0.15, 0.2) is 0 Å². The molecule has 2 N–H and O–H groups in total. The molecule has 0 aromatic carbocycles. The van der Waals surface area contributed by atoms with Gasteiger partial charge in [-0.05, 0) is 26.2 Å². The van der Waals surface area contributed by atoms with Crippen molar-refractivity contribution in [3.63, 3.8) is 0 Å².